The van der Waals surface area contributed by atoms with Crippen LogP contribution in [0.5, 0.6) is 0 Å². The minimum absolute atomic E-state index is 0.0310. The number of fused-ring (bicyclic) bond motifs is 1. The maximum atomic E-state index is 13.2. The van der Waals surface area contributed by atoms with Crippen molar-refractivity contribution in [3.05, 3.63) is 65.1 Å². The van der Waals surface area contributed by atoms with Gasteiger partial charge >= 0.3 is 0 Å². The van der Waals surface area contributed by atoms with Gasteiger partial charge < -0.3 is 10.2 Å². The number of hydrogen-bond donors (Lipinski definition) is 1. The number of anilines is 1. The Morgan fingerprint density at radius 1 is 1.16 bits per heavy atom. The Bertz CT molecular complexity index is 976. The summed E-state index contributed by atoms with van der Waals surface area (Å²) < 4.78 is 0. The number of carbonyl (C=O) groups is 2. The predicted octanol–water partition coefficient (Wildman–Crippen LogP) is 4.40. The number of piperidine rings is 1. The van der Waals surface area contributed by atoms with Gasteiger partial charge in [0.25, 0.3) is 5.91 Å². The summed E-state index contributed by atoms with van der Waals surface area (Å²) in [6.45, 7) is 6.29. The molecule has 2 aliphatic rings. The van der Waals surface area contributed by atoms with Crippen molar-refractivity contribution in [2.75, 3.05) is 37.6 Å². The number of nitrogens with zero attached hydrogens (tertiary/aromatic N) is 2. The van der Waals surface area contributed by atoms with Gasteiger partial charge in [-0.2, -0.15) is 0 Å². The van der Waals surface area contributed by atoms with Gasteiger partial charge in [0.05, 0.1) is 10.6 Å². The van der Waals surface area contributed by atoms with Gasteiger partial charge in [-0.1, -0.05) is 61.2 Å². The van der Waals surface area contributed by atoms with Gasteiger partial charge in [-0.25, -0.2) is 0 Å². The lowest BCUT2D eigenvalue weighted by molar-refractivity contribution is -0.122. The van der Waals surface area contributed by atoms with Crippen molar-refractivity contribution in [2.45, 2.75) is 31.1 Å². The highest BCUT2D eigenvalue weighted by Crippen LogP contribution is 2.41. The first-order valence-electron chi connectivity index (χ1n) is 11.4. The lowest BCUT2D eigenvalue weighted by Crippen LogP contribution is -2.43. The Labute approximate surface area is 194 Å². The van der Waals surface area contributed by atoms with Crippen LogP contribution < -0.4 is 10.2 Å². The zero-order valence-corrected chi connectivity index (χ0v) is 19.4. The van der Waals surface area contributed by atoms with Crippen LogP contribution in [0, 0.1) is 5.92 Å². The zero-order valence-electron chi connectivity index (χ0n) is 18.6. The van der Waals surface area contributed by atoms with Gasteiger partial charge in [0, 0.05) is 18.0 Å². The molecule has 1 N–H and O–H groups in total. The predicted molar refractivity (Wildman–Crippen MR) is 132 cm³/mol. The van der Waals surface area contributed by atoms with Crippen molar-refractivity contribution < 1.29 is 9.59 Å². The lowest BCUT2D eigenvalue weighted by atomic mass is 10.0. The first-order valence-corrected chi connectivity index (χ1v) is 12.3. The SMILES string of the molecule is CC1CCCN(CCCNC(=O)CN2C(=O)/C(=C/c3ccccc3)Sc3ccccc32)C1. The molecule has 168 valence electrons. The van der Waals surface area contributed by atoms with E-state index in [9.17, 15) is 9.59 Å². The van der Waals surface area contributed by atoms with E-state index in [1.807, 2.05) is 60.7 Å². The molecule has 2 amide bonds. The zero-order chi connectivity index (χ0) is 22.3. The van der Waals surface area contributed by atoms with Crippen molar-refractivity contribution in [3.63, 3.8) is 0 Å². The van der Waals surface area contributed by atoms with E-state index in [0.717, 1.165) is 48.1 Å². The van der Waals surface area contributed by atoms with Gasteiger partial charge in [-0.05, 0) is 62.0 Å². The second kappa shape index (κ2) is 10.8. The summed E-state index contributed by atoms with van der Waals surface area (Å²) in [6.07, 6.45) is 5.41. The molecule has 2 aromatic rings. The van der Waals surface area contributed by atoms with Gasteiger partial charge in [-0.15, -0.1) is 0 Å². The van der Waals surface area contributed by atoms with Crippen molar-refractivity contribution in [2.24, 2.45) is 5.92 Å². The quantitative estimate of drug-likeness (QED) is 0.503. The topological polar surface area (TPSA) is 52.7 Å². The van der Waals surface area contributed by atoms with Crippen LogP contribution in [0.2, 0.25) is 0 Å². The standard InChI is InChI=1S/C26H31N3O2S/c1-20-9-7-15-28(18-20)16-8-14-27-25(30)19-29-22-12-5-6-13-23(22)32-24(26(29)31)17-21-10-3-2-4-11-21/h2-6,10-13,17,20H,7-9,14-16,18-19H2,1H3,(H,27,30)/b24-17-. The second-order valence-electron chi connectivity index (χ2n) is 8.63. The molecule has 6 heteroatoms. The summed E-state index contributed by atoms with van der Waals surface area (Å²) in [5.74, 6) is 0.515. The van der Waals surface area contributed by atoms with Crippen LogP contribution in [0.1, 0.15) is 31.7 Å². The highest BCUT2D eigenvalue weighted by atomic mass is 32.2. The Morgan fingerprint density at radius 2 is 1.94 bits per heavy atom. The molecule has 1 unspecified atom stereocenters. The van der Waals surface area contributed by atoms with E-state index in [2.05, 4.69) is 17.1 Å². The van der Waals surface area contributed by atoms with E-state index >= 15 is 0 Å². The van der Waals surface area contributed by atoms with Crippen LogP contribution in [0.15, 0.2) is 64.4 Å². The number of nitrogens with one attached hydrogen (secondary N) is 1. The van der Waals surface area contributed by atoms with Crippen molar-refractivity contribution in [1.29, 1.82) is 0 Å². The summed E-state index contributed by atoms with van der Waals surface area (Å²) in [4.78, 5) is 31.6. The minimum atomic E-state index is -0.130. The van der Waals surface area contributed by atoms with Gasteiger partial charge in [0.1, 0.15) is 6.54 Å². The average Bonchev–Trinajstić information content (AvgIpc) is 2.80. The number of benzene rings is 2. The highest BCUT2D eigenvalue weighted by molar-refractivity contribution is 8.04. The number of likely N-dealkylation sites (tertiary alicyclic amines) is 1. The second-order valence-corrected chi connectivity index (χ2v) is 9.72. The van der Waals surface area contributed by atoms with E-state index in [-0.39, 0.29) is 18.4 Å². The molecule has 0 spiro atoms. The molecule has 32 heavy (non-hydrogen) atoms. The maximum Gasteiger partial charge on any atom is 0.265 e. The molecule has 0 bridgehead atoms. The van der Waals surface area contributed by atoms with Crippen molar-refractivity contribution in [1.82, 2.24) is 10.2 Å². The molecule has 1 atom stereocenters. The fraction of sp³-hybridized carbons (Fsp3) is 0.385. The van der Waals surface area contributed by atoms with Crippen molar-refractivity contribution >= 4 is 35.3 Å². The molecule has 1 saturated heterocycles. The summed E-state index contributed by atoms with van der Waals surface area (Å²) in [5.41, 5.74) is 1.77. The number of para-hydroxylation sites is 1. The fourth-order valence-electron chi connectivity index (χ4n) is 4.34. The normalized spacial score (nSPS) is 20.3. The lowest BCUT2D eigenvalue weighted by Gasteiger charge is -2.31. The Balaban J connectivity index is 1.37. The average molecular weight is 450 g/mol. The molecule has 2 aromatic carbocycles. The summed E-state index contributed by atoms with van der Waals surface area (Å²) in [6, 6.07) is 17.6. The first kappa shape index (κ1) is 22.6. The van der Waals surface area contributed by atoms with Gasteiger partial charge in [0.15, 0.2) is 0 Å². The van der Waals surface area contributed by atoms with E-state index in [0.29, 0.717) is 11.4 Å². The molecule has 0 aliphatic carbocycles. The third-order valence-corrected chi connectivity index (χ3v) is 7.02. The molecular weight excluding hydrogens is 418 g/mol. The molecule has 2 aliphatic heterocycles. The van der Waals surface area contributed by atoms with Crippen LogP contribution in [0.25, 0.3) is 6.08 Å². The molecule has 2 heterocycles. The summed E-state index contributed by atoms with van der Waals surface area (Å²) in [7, 11) is 0. The summed E-state index contributed by atoms with van der Waals surface area (Å²) >= 11 is 1.46. The maximum absolute atomic E-state index is 13.2. The Morgan fingerprint density at radius 3 is 2.75 bits per heavy atom. The molecule has 0 radical (unpaired) electrons. The minimum Gasteiger partial charge on any atom is -0.355 e. The molecule has 1 fully saturated rings. The first-order chi connectivity index (χ1) is 15.6. The monoisotopic (exact) mass is 449 g/mol. The number of rotatable bonds is 7. The Hall–Kier alpha value is -2.57. The van der Waals surface area contributed by atoms with Crippen LogP contribution in [-0.4, -0.2) is 49.4 Å². The van der Waals surface area contributed by atoms with Crippen LogP contribution >= 0.6 is 11.8 Å². The van der Waals surface area contributed by atoms with E-state index in [1.165, 1.54) is 24.6 Å². The number of amides is 2. The molecule has 0 aromatic heterocycles. The van der Waals surface area contributed by atoms with Gasteiger partial charge in [0.2, 0.25) is 5.91 Å². The largest absolute Gasteiger partial charge is 0.355 e. The van der Waals surface area contributed by atoms with E-state index in [1.54, 1.807) is 4.90 Å². The number of hydrogen-bond acceptors (Lipinski definition) is 4. The van der Waals surface area contributed by atoms with Crippen molar-refractivity contribution in [3.8, 4) is 0 Å². The molecule has 4 rings (SSSR count). The van der Waals surface area contributed by atoms with Crippen LogP contribution in [0.3, 0.4) is 0 Å². The number of carbonyl (C=O) groups excluding carboxylic acids is 2. The molecule has 5 nitrogen and oxygen atoms in total. The van der Waals surface area contributed by atoms with Crippen LogP contribution in [0.4, 0.5) is 5.69 Å². The molecular formula is C26H31N3O2S. The van der Waals surface area contributed by atoms with Crippen LogP contribution in [-0.2, 0) is 9.59 Å². The highest BCUT2D eigenvalue weighted by Gasteiger charge is 2.30. The van der Waals surface area contributed by atoms with E-state index < -0.39 is 0 Å². The third kappa shape index (κ3) is 5.81. The van der Waals surface area contributed by atoms with E-state index in [4.69, 9.17) is 0 Å². The summed E-state index contributed by atoms with van der Waals surface area (Å²) in [5, 5.41) is 3.01. The van der Waals surface area contributed by atoms with Gasteiger partial charge in [-0.3, -0.25) is 14.5 Å². The third-order valence-electron chi connectivity index (χ3n) is 5.95. The smallest absolute Gasteiger partial charge is 0.265 e. The number of thioether (sulfide) groups is 1. The molecule has 0 saturated carbocycles. The Kier molecular flexibility index (Phi) is 7.66. The fourth-order valence-corrected chi connectivity index (χ4v) is 5.40.